The summed E-state index contributed by atoms with van der Waals surface area (Å²) in [6.07, 6.45) is 2.76. The van der Waals surface area contributed by atoms with Gasteiger partial charge in [-0.1, -0.05) is 6.92 Å². The van der Waals surface area contributed by atoms with Crippen LogP contribution in [0.25, 0.3) is 0 Å². The van der Waals surface area contributed by atoms with Gasteiger partial charge in [-0.15, -0.1) is 0 Å². The van der Waals surface area contributed by atoms with Gasteiger partial charge in [0.05, 0.1) is 11.4 Å². The molecular formula is C13H20N2O3. The molecule has 5 heteroatoms. The largest absolute Gasteiger partial charge is 0.478 e. The molecule has 0 unspecified atom stereocenters. The van der Waals surface area contributed by atoms with Crippen LogP contribution in [0.5, 0.6) is 0 Å². The van der Waals surface area contributed by atoms with Crippen LogP contribution in [-0.2, 0) is 17.7 Å². The predicted molar refractivity (Wildman–Crippen MR) is 66.8 cm³/mol. The number of rotatable bonds is 4. The molecule has 2 heterocycles. The summed E-state index contributed by atoms with van der Waals surface area (Å²) in [5.41, 5.74) is 1.84. The maximum atomic E-state index is 11.2. The molecule has 1 aliphatic heterocycles. The van der Waals surface area contributed by atoms with Crippen molar-refractivity contribution >= 4 is 5.97 Å². The molecule has 0 bridgehead atoms. The maximum Gasteiger partial charge on any atom is 0.339 e. The highest BCUT2D eigenvalue weighted by Crippen LogP contribution is 2.21. The van der Waals surface area contributed by atoms with Crippen molar-refractivity contribution in [2.45, 2.75) is 39.7 Å². The van der Waals surface area contributed by atoms with E-state index in [1.54, 1.807) is 6.92 Å². The lowest BCUT2D eigenvalue weighted by Gasteiger charge is -2.22. The third-order valence-electron chi connectivity index (χ3n) is 3.55. The summed E-state index contributed by atoms with van der Waals surface area (Å²) in [7, 11) is 0. The van der Waals surface area contributed by atoms with Crippen LogP contribution < -0.4 is 0 Å². The summed E-state index contributed by atoms with van der Waals surface area (Å²) >= 11 is 0. The second-order valence-corrected chi connectivity index (χ2v) is 4.80. The summed E-state index contributed by atoms with van der Waals surface area (Å²) in [6.45, 7) is 6.16. The van der Waals surface area contributed by atoms with E-state index in [2.05, 4.69) is 5.10 Å². The molecule has 1 fully saturated rings. The minimum atomic E-state index is -0.873. The van der Waals surface area contributed by atoms with Crippen molar-refractivity contribution in [2.75, 3.05) is 13.2 Å². The lowest BCUT2D eigenvalue weighted by Crippen LogP contribution is -2.22. The van der Waals surface area contributed by atoms with Crippen LogP contribution in [0.15, 0.2) is 0 Å². The average Bonchev–Trinajstić information content (AvgIpc) is 2.66. The first kappa shape index (κ1) is 13.1. The molecule has 1 aliphatic rings. The lowest BCUT2D eigenvalue weighted by molar-refractivity contribution is 0.0597. The molecule has 0 saturated carbocycles. The first-order valence-electron chi connectivity index (χ1n) is 6.50. The van der Waals surface area contributed by atoms with E-state index < -0.39 is 5.97 Å². The van der Waals surface area contributed by atoms with Crippen LogP contribution >= 0.6 is 0 Å². The molecule has 0 aliphatic carbocycles. The number of carboxylic acid groups (broad SMARTS) is 1. The van der Waals surface area contributed by atoms with Gasteiger partial charge in [-0.2, -0.15) is 5.10 Å². The van der Waals surface area contributed by atoms with Gasteiger partial charge in [0.25, 0.3) is 0 Å². The zero-order chi connectivity index (χ0) is 13.1. The highest BCUT2D eigenvalue weighted by molar-refractivity contribution is 5.90. The first-order chi connectivity index (χ1) is 8.63. The van der Waals surface area contributed by atoms with Gasteiger partial charge in [0.1, 0.15) is 5.56 Å². The van der Waals surface area contributed by atoms with Crippen LogP contribution in [0.4, 0.5) is 0 Å². The van der Waals surface area contributed by atoms with Crippen molar-refractivity contribution in [1.29, 1.82) is 0 Å². The zero-order valence-corrected chi connectivity index (χ0v) is 11.0. The smallest absolute Gasteiger partial charge is 0.339 e. The average molecular weight is 252 g/mol. The van der Waals surface area contributed by atoms with Crippen molar-refractivity contribution in [3.63, 3.8) is 0 Å². The Bertz CT molecular complexity index is 434. The van der Waals surface area contributed by atoms with Gasteiger partial charge < -0.3 is 9.84 Å². The van der Waals surface area contributed by atoms with Gasteiger partial charge >= 0.3 is 5.97 Å². The summed E-state index contributed by atoms with van der Waals surface area (Å²) in [5.74, 6) is -0.326. The molecule has 1 saturated heterocycles. The number of aromatic carboxylic acids is 1. The number of aromatic nitrogens is 2. The van der Waals surface area contributed by atoms with Gasteiger partial charge in [-0.25, -0.2) is 4.79 Å². The van der Waals surface area contributed by atoms with E-state index in [-0.39, 0.29) is 0 Å². The highest BCUT2D eigenvalue weighted by Gasteiger charge is 2.22. The Kier molecular flexibility index (Phi) is 4.01. The van der Waals surface area contributed by atoms with E-state index in [1.807, 2.05) is 11.6 Å². The Balaban J connectivity index is 2.21. The molecule has 1 N–H and O–H groups in total. The number of nitrogens with zero attached hydrogens (tertiary/aromatic N) is 2. The van der Waals surface area contributed by atoms with Crippen molar-refractivity contribution < 1.29 is 14.6 Å². The normalized spacial score (nSPS) is 17.0. The van der Waals surface area contributed by atoms with E-state index >= 15 is 0 Å². The van der Waals surface area contributed by atoms with Gasteiger partial charge in [0, 0.05) is 19.8 Å². The summed E-state index contributed by atoms with van der Waals surface area (Å²) in [4.78, 5) is 11.2. The van der Waals surface area contributed by atoms with E-state index in [1.165, 1.54) is 0 Å². The molecule has 0 atom stereocenters. The molecule has 0 aromatic carbocycles. The number of hydrogen-bond donors (Lipinski definition) is 1. The Morgan fingerprint density at radius 3 is 2.72 bits per heavy atom. The van der Waals surface area contributed by atoms with Gasteiger partial charge in [-0.05, 0) is 32.1 Å². The van der Waals surface area contributed by atoms with Crippen molar-refractivity contribution in [3.05, 3.63) is 17.0 Å². The topological polar surface area (TPSA) is 64.3 Å². The molecule has 100 valence electrons. The molecule has 1 aromatic rings. The quantitative estimate of drug-likeness (QED) is 0.888. The van der Waals surface area contributed by atoms with Crippen LogP contribution in [0.2, 0.25) is 0 Å². The Morgan fingerprint density at radius 1 is 1.50 bits per heavy atom. The maximum absolute atomic E-state index is 11.2. The lowest BCUT2D eigenvalue weighted by atomic mass is 10.0. The summed E-state index contributed by atoms with van der Waals surface area (Å²) in [6, 6.07) is 0. The molecule has 5 nitrogen and oxygen atoms in total. The molecule has 1 aromatic heterocycles. The van der Waals surface area contributed by atoms with E-state index in [0.29, 0.717) is 23.6 Å². The molecular weight excluding hydrogens is 232 g/mol. The van der Waals surface area contributed by atoms with Gasteiger partial charge in [0.15, 0.2) is 0 Å². The monoisotopic (exact) mass is 252 g/mol. The molecule has 18 heavy (non-hydrogen) atoms. The fourth-order valence-electron chi connectivity index (χ4n) is 2.59. The van der Waals surface area contributed by atoms with Crippen LogP contribution in [-0.4, -0.2) is 34.1 Å². The van der Waals surface area contributed by atoms with Gasteiger partial charge in [-0.3, -0.25) is 4.68 Å². The Morgan fingerprint density at radius 2 is 2.17 bits per heavy atom. The molecule has 2 rings (SSSR count). The number of hydrogen-bond acceptors (Lipinski definition) is 3. The SMILES string of the molecule is CCc1c(C(=O)O)c(C)nn1CC1CCOCC1. The number of carboxylic acids is 1. The third-order valence-corrected chi connectivity index (χ3v) is 3.55. The first-order valence-corrected chi connectivity index (χ1v) is 6.50. The molecule has 0 spiro atoms. The second-order valence-electron chi connectivity index (χ2n) is 4.80. The fourth-order valence-corrected chi connectivity index (χ4v) is 2.59. The van der Waals surface area contributed by atoms with Crippen LogP contribution in [0.3, 0.4) is 0 Å². The Labute approximate surface area is 107 Å². The zero-order valence-electron chi connectivity index (χ0n) is 11.0. The predicted octanol–water partition coefficient (Wildman–Crippen LogP) is 1.88. The summed E-state index contributed by atoms with van der Waals surface area (Å²) < 4.78 is 7.22. The van der Waals surface area contributed by atoms with Crippen molar-refractivity contribution in [2.24, 2.45) is 5.92 Å². The van der Waals surface area contributed by atoms with E-state index in [4.69, 9.17) is 4.74 Å². The van der Waals surface area contributed by atoms with E-state index in [0.717, 1.165) is 38.3 Å². The number of ether oxygens (including phenoxy) is 1. The number of carbonyl (C=O) groups is 1. The second kappa shape index (κ2) is 5.52. The highest BCUT2D eigenvalue weighted by atomic mass is 16.5. The van der Waals surface area contributed by atoms with Crippen molar-refractivity contribution in [3.8, 4) is 0 Å². The summed E-state index contributed by atoms with van der Waals surface area (Å²) in [5, 5.41) is 13.6. The Hall–Kier alpha value is -1.36. The van der Waals surface area contributed by atoms with Gasteiger partial charge in [0.2, 0.25) is 0 Å². The van der Waals surface area contributed by atoms with Crippen LogP contribution in [0, 0.1) is 12.8 Å². The molecule has 0 amide bonds. The van der Waals surface area contributed by atoms with Crippen molar-refractivity contribution in [1.82, 2.24) is 9.78 Å². The number of aryl methyl sites for hydroxylation is 1. The minimum absolute atomic E-state index is 0.379. The van der Waals surface area contributed by atoms with Crippen LogP contribution in [0.1, 0.15) is 41.5 Å². The fraction of sp³-hybridized carbons (Fsp3) is 0.692. The van der Waals surface area contributed by atoms with E-state index in [9.17, 15) is 9.90 Å². The minimum Gasteiger partial charge on any atom is -0.478 e. The standard InChI is InChI=1S/C13H20N2O3/c1-3-11-12(13(16)17)9(2)14-15(11)8-10-4-6-18-7-5-10/h10H,3-8H2,1-2H3,(H,16,17). The third kappa shape index (κ3) is 2.56. The molecule has 0 radical (unpaired) electrons.